The Labute approximate surface area is 119 Å². The van der Waals surface area contributed by atoms with Gasteiger partial charge in [-0.05, 0) is 24.1 Å². The van der Waals surface area contributed by atoms with Gasteiger partial charge in [0.2, 0.25) is 0 Å². The van der Waals surface area contributed by atoms with Crippen LogP contribution in [0.25, 0.3) is 0 Å². The van der Waals surface area contributed by atoms with Gasteiger partial charge in [0.15, 0.2) is 0 Å². The van der Waals surface area contributed by atoms with Gasteiger partial charge in [0, 0.05) is 32.5 Å². The van der Waals surface area contributed by atoms with Gasteiger partial charge in [-0.3, -0.25) is 9.78 Å². The first-order chi connectivity index (χ1) is 9.36. The van der Waals surface area contributed by atoms with Crippen molar-refractivity contribution in [1.82, 2.24) is 14.0 Å². The fourth-order valence-electron chi connectivity index (χ4n) is 1.43. The van der Waals surface area contributed by atoms with Crippen LogP contribution in [0.3, 0.4) is 0 Å². The zero-order valence-corrected chi connectivity index (χ0v) is 12.6. The molecule has 0 aromatic carbocycles. The van der Waals surface area contributed by atoms with E-state index in [1.807, 2.05) is 13.0 Å². The van der Waals surface area contributed by atoms with Crippen LogP contribution in [0.1, 0.15) is 17.5 Å². The number of carbonyl (C=O) groups is 1. The van der Waals surface area contributed by atoms with Crippen molar-refractivity contribution >= 4 is 16.2 Å². The summed E-state index contributed by atoms with van der Waals surface area (Å²) < 4.78 is 31.9. The SMILES string of the molecule is COC(=O)CCN(C)S(=O)(=O)NCc1cnccc1C. The van der Waals surface area contributed by atoms with Crippen molar-refractivity contribution in [2.75, 3.05) is 20.7 Å². The lowest BCUT2D eigenvalue weighted by Crippen LogP contribution is -2.39. The molecule has 1 rings (SSSR count). The third-order valence-corrected chi connectivity index (χ3v) is 4.37. The number of ether oxygens (including phenoxy) is 1. The van der Waals surface area contributed by atoms with E-state index in [2.05, 4.69) is 14.4 Å². The van der Waals surface area contributed by atoms with Gasteiger partial charge in [-0.25, -0.2) is 0 Å². The molecule has 0 saturated heterocycles. The van der Waals surface area contributed by atoms with Gasteiger partial charge in [-0.2, -0.15) is 17.4 Å². The lowest BCUT2D eigenvalue weighted by molar-refractivity contribution is -0.140. The van der Waals surface area contributed by atoms with E-state index in [0.717, 1.165) is 15.4 Å². The summed E-state index contributed by atoms with van der Waals surface area (Å²) in [5.74, 6) is -0.449. The number of nitrogens with zero attached hydrogens (tertiary/aromatic N) is 2. The number of pyridine rings is 1. The standard InChI is InChI=1S/C12H19N3O4S/c1-10-4-6-13-8-11(10)9-14-20(17,18)15(2)7-5-12(16)19-3/h4,6,8,14H,5,7,9H2,1-3H3. The molecule has 7 nitrogen and oxygen atoms in total. The van der Waals surface area contributed by atoms with E-state index in [4.69, 9.17) is 0 Å². The Hall–Kier alpha value is -1.51. The molecule has 0 aliphatic rings. The van der Waals surface area contributed by atoms with E-state index in [9.17, 15) is 13.2 Å². The molecule has 20 heavy (non-hydrogen) atoms. The molecule has 0 aliphatic heterocycles. The van der Waals surface area contributed by atoms with Crippen LogP contribution >= 0.6 is 0 Å². The summed E-state index contributed by atoms with van der Waals surface area (Å²) in [6.07, 6.45) is 3.28. The fraction of sp³-hybridized carbons (Fsp3) is 0.500. The summed E-state index contributed by atoms with van der Waals surface area (Å²) in [7, 11) is -0.963. The van der Waals surface area contributed by atoms with E-state index in [1.54, 1.807) is 12.4 Å². The third-order valence-electron chi connectivity index (χ3n) is 2.86. The summed E-state index contributed by atoms with van der Waals surface area (Å²) in [5.41, 5.74) is 1.76. The molecule has 112 valence electrons. The van der Waals surface area contributed by atoms with Crippen molar-refractivity contribution in [3.05, 3.63) is 29.6 Å². The number of aromatic nitrogens is 1. The van der Waals surface area contributed by atoms with Crippen LogP contribution in [0, 0.1) is 6.92 Å². The lowest BCUT2D eigenvalue weighted by atomic mass is 10.2. The minimum Gasteiger partial charge on any atom is -0.469 e. The molecule has 0 amide bonds. The highest BCUT2D eigenvalue weighted by atomic mass is 32.2. The van der Waals surface area contributed by atoms with Gasteiger partial charge >= 0.3 is 5.97 Å². The van der Waals surface area contributed by atoms with Crippen LogP contribution in [-0.2, 0) is 26.3 Å². The van der Waals surface area contributed by atoms with Crippen LogP contribution in [0.15, 0.2) is 18.5 Å². The van der Waals surface area contributed by atoms with Gasteiger partial charge in [-0.1, -0.05) is 0 Å². The van der Waals surface area contributed by atoms with Gasteiger partial charge in [0.1, 0.15) is 0 Å². The summed E-state index contributed by atoms with van der Waals surface area (Å²) >= 11 is 0. The molecule has 1 heterocycles. The van der Waals surface area contributed by atoms with Crippen LogP contribution in [0.5, 0.6) is 0 Å². The molecule has 0 atom stereocenters. The number of carbonyl (C=O) groups excluding carboxylic acids is 1. The predicted molar refractivity (Wildman–Crippen MR) is 74.0 cm³/mol. The molecule has 0 radical (unpaired) electrons. The van der Waals surface area contributed by atoms with Crippen molar-refractivity contribution < 1.29 is 17.9 Å². The molecule has 0 bridgehead atoms. The smallest absolute Gasteiger partial charge is 0.306 e. The molecule has 0 unspecified atom stereocenters. The first kappa shape index (κ1) is 16.5. The Bertz CT molecular complexity index is 560. The molecule has 0 fully saturated rings. The Morgan fingerprint density at radius 3 is 2.80 bits per heavy atom. The van der Waals surface area contributed by atoms with Crippen molar-refractivity contribution in [3.63, 3.8) is 0 Å². The number of aryl methyl sites for hydroxylation is 1. The predicted octanol–water partition coefficient (Wildman–Crippen LogP) is 0.219. The average Bonchev–Trinajstić information content (AvgIpc) is 2.43. The Morgan fingerprint density at radius 2 is 2.20 bits per heavy atom. The lowest BCUT2D eigenvalue weighted by Gasteiger charge is -2.17. The van der Waals surface area contributed by atoms with E-state index in [-0.39, 0.29) is 19.5 Å². The summed E-state index contributed by atoms with van der Waals surface area (Å²) in [5, 5.41) is 0. The first-order valence-corrected chi connectivity index (χ1v) is 7.48. The highest BCUT2D eigenvalue weighted by molar-refractivity contribution is 7.87. The highest BCUT2D eigenvalue weighted by Crippen LogP contribution is 2.06. The van der Waals surface area contributed by atoms with Gasteiger partial charge < -0.3 is 4.74 Å². The van der Waals surface area contributed by atoms with Crippen LogP contribution in [0.4, 0.5) is 0 Å². The third kappa shape index (κ3) is 4.87. The molecular weight excluding hydrogens is 282 g/mol. The minimum atomic E-state index is -3.63. The number of nitrogens with one attached hydrogen (secondary N) is 1. The van der Waals surface area contributed by atoms with Gasteiger partial charge in [0.05, 0.1) is 13.5 Å². The van der Waals surface area contributed by atoms with Gasteiger partial charge in [-0.15, -0.1) is 0 Å². The van der Waals surface area contributed by atoms with Crippen molar-refractivity contribution in [3.8, 4) is 0 Å². The van der Waals surface area contributed by atoms with E-state index in [0.29, 0.717) is 0 Å². The normalized spacial score (nSPS) is 11.6. The quantitative estimate of drug-likeness (QED) is 0.728. The maximum Gasteiger partial charge on any atom is 0.306 e. The van der Waals surface area contributed by atoms with E-state index < -0.39 is 16.2 Å². The van der Waals surface area contributed by atoms with Crippen LogP contribution < -0.4 is 4.72 Å². The first-order valence-electron chi connectivity index (χ1n) is 6.04. The summed E-state index contributed by atoms with van der Waals surface area (Å²) in [4.78, 5) is 14.9. The fourth-order valence-corrected chi connectivity index (χ4v) is 2.32. The molecule has 0 aliphatic carbocycles. The molecular formula is C12H19N3O4S. The Kier molecular flexibility index (Phi) is 6.05. The summed E-state index contributed by atoms with van der Waals surface area (Å²) in [6.45, 7) is 2.10. The van der Waals surface area contributed by atoms with Crippen molar-refractivity contribution in [2.24, 2.45) is 0 Å². The number of esters is 1. The average molecular weight is 301 g/mol. The second-order valence-corrected chi connectivity index (χ2v) is 6.14. The highest BCUT2D eigenvalue weighted by Gasteiger charge is 2.18. The van der Waals surface area contributed by atoms with Gasteiger partial charge in [0.25, 0.3) is 10.2 Å². The Morgan fingerprint density at radius 1 is 1.50 bits per heavy atom. The number of rotatable bonds is 7. The zero-order chi connectivity index (χ0) is 15.2. The largest absolute Gasteiger partial charge is 0.469 e. The molecule has 1 aromatic heterocycles. The van der Waals surface area contributed by atoms with E-state index in [1.165, 1.54) is 14.2 Å². The van der Waals surface area contributed by atoms with Crippen molar-refractivity contribution in [1.29, 1.82) is 0 Å². The topological polar surface area (TPSA) is 88.6 Å². The maximum atomic E-state index is 12.0. The molecule has 8 heteroatoms. The zero-order valence-electron chi connectivity index (χ0n) is 11.8. The number of hydrogen-bond donors (Lipinski definition) is 1. The van der Waals surface area contributed by atoms with Crippen LogP contribution in [-0.4, -0.2) is 44.4 Å². The van der Waals surface area contributed by atoms with Crippen LogP contribution in [0.2, 0.25) is 0 Å². The summed E-state index contributed by atoms with van der Waals surface area (Å²) in [6, 6.07) is 1.81. The maximum absolute atomic E-state index is 12.0. The molecule has 0 spiro atoms. The van der Waals surface area contributed by atoms with Crippen molar-refractivity contribution in [2.45, 2.75) is 19.9 Å². The monoisotopic (exact) mass is 301 g/mol. The number of hydrogen-bond acceptors (Lipinski definition) is 5. The molecule has 0 saturated carbocycles. The Balaban J connectivity index is 2.57. The minimum absolute atomic E-state index is 0.0137. The number of methoxy groups -OCH3 is 1. The molecule has 1 aromatic rings. The second-order valence-electron chi connectivity index (χ2n) is 4.28. The van der Waals surface area contributed by atoms with E-state index >= 15 is 0 Å². The second kappa shape index (κ2) is 7.32. The molecule has 1 N–H and O–H groups in total.